The monoisotopic (exact) mass is 615 g/mol. The van der Waals surface area contributed by atoms with E-state index in [1.54, 1.807) is 30.3 Å². The Hall–Kier alpha value is -3.76. The molecule has 0 fully saturated rings. The number of carbonyl (C=O) groups is 2. The van der Waals surface area contributed by atoms with Crippen LogP contribution in [0.25, 0.3) is 0 Å². The molecule has 0 aliphatic rings. The summed E-state index contributed by atoms with van der Waals surface area (Å²) < 4.78 is 37.6. The molecule has 0 saturated heterocycles. The van der Waals surface area contributed by atoms with Crippen molar-refractivity contribution in [2.75, 3.05) is 37.9 Å². The third-order valence-electron chi connectivity index (χ3n) is 6.53. The van der Waals surface area contributed by atoms with Crippen LogP contribution >= 0.6 is 11.6 Å². The zero-order valence-electron chi connectivity index (χ0n) is 24.5. The van der Waals surface area contributed by atoms with Crippen LogP contribution in [-0.4, -0.2) is 64.7 Å². The molecule has 0 bridgehead atoms. The van der Waals surface area contributed by atoms with Gasteiger partial charge >= 0.3 is 0 Å². The first-order valence-corrected chi connectivity index (χ1v) is 15.7. The normalized spacial score (nSPS) is 12.0. The number of nitrogens with zero attached hydrogens (tertiary/aromatic N) is 2. The fourth-order valence-corrected chi connectivity index (χ4v) is 5.46. The number of methoxy groups -OCH3 is 2. The van der Waals surface area contributed by atoms with Crippen molar-refractivity contribution in [1.82, 2.24) is 10.2 Å². The molecule has 3 aromatic rings. The van der Waals surface area contributed by atoms with Crippen molar-refractivity contribution in [1.29, 1.82) is 0 Å². The van der Waals surface area contributed by atoms with Crippen LogP contribution in [0, 0.1) is 5.92 Å². The Labute approximate surface area is 253 Å². The molecular weight excluding hydrogens is 578 g/mol. The second-order valence-corrected chi connectivity index (χ2v) is 12.6. The highest BCUT2D eigenvalue weighted by Gasteiger charge is 2.33. The number of ether oxygens (including phenoxy) is 2. The van der Waals surface area contributed by atoms with Crippen LogP contribution in [0.15, 0.2) is 72.8 Å². The standard InChI is InChI=1S/C31H38ClN3O6S/c1-22(2)19-33-31(37)27(17-23-10-7-6-8-11-23)34(20-24-12-9-13-25(32)16-24)30(36)21-35(42(5,38)39)26-14-15-28(40-3)29(18-26)41-4/h6-16,18,22,27H,17,19-21H2,1-5H3,(H,33,37)/t27-/m1/s1. The minimum Gasteiger partial charge on any atom is -0.493 e. The first kappa shape index (κ1) is 32.8. The average molecular weight is 616 g/mol. The van der Waals surface area contributed by atoms with E-state index in [1.165, 1.54) is 31.3 Å². The van der Waals surface area contributed by atoms with Crippen LogP contribution in [0.3, 0.4) is 0 Å². The molecule has 0 unspecified atom stereocenters. The van der Waals surface area contributed by atoms with Gasteiger partial charge in [0.1, 0.15) is 12.6 Å². The molecule has 0 aromatic heterocycles. The molecule has 2 amide bonds. The molecule has 9 nitrogen and oxygen atoms in total. The van der Waals surface area contributed by atoms with Crippen LogP contribution < -0.4 is 19.1 Å². The summed E-state index contributed by atoms with van der Waals surface area (Å²) in [5.41, 5.74) is 1.77. The number of benzene rings is 3. The van der Waals surface area contributed by atoms with Crippen molar-refractivity contribution in [3.05, 3.63) is 88.9 Å². The molecule has 0 radical (unpaired) electrons. The van der Waals surface area contributed by atoms with Gasteiger partial charge in [0.05, 0.1) is 26.2 Å². The van der Waals surface area contributed by atoms with Gasteiger partial charge in [0.2, 0.25) is 21.8 Å². The van der Waals surface area contributed by atoms with Crippen LogP contribution in [0.4, 0.5) is 5.69 Å². The average Bonchev–Trinajstić information content (AvgIpc) is 2.95. The van der Waals surface area contributed by atoms with Crippen molar-refractivity contribution in [3.8, 4) is 11.5 Å². The maximum atomic E-state index is 14.2. The maximum Gasteiger partial charge on any atom is 0.244 e. The summed E-state index contributed by atoms with van der Waals surface area (Å²) in [6.45, 7) is 3.88. The van der Waals surface area contributed by atoms with Crippen molar-refractivity contribution in [2.24, 2.45) is 5.92 Å². The molecule has 0 saturated carbocycles. The molecule has 3 rings (SSSR count). The van der Waals surface area contributed by atoms with Crippen LogP contribution in [0.2, 0.25) is 5.02 Å². The predicted molar refractivity (Wildman–Crippen MR) is 166 cm³/mol. The lowest BCUT2D eigenvalue weighted by Crippen LogP contribution is -2.53. The number of rotatable bonds is 14. The predicted octanol–water partition coefficient (Wildman–Crippen LogP) is 4.54. The van der Waals surface area contributed by atoms with Crippen molar-refractivity contribution < 1.29 is 27.5 Å². The van der Waals surface area contributed by atoms with Gasteiger partial charge in [-0.3, -0.25) is 13.9 Å². The topological polar surface area (TPSA) is 105 Å². The number of halogens is 1. The highest BCUT2D eigenvalue weighted by molar-refractivity contribution is 7.92. The van der Waals surface area contributed by atoms with Crippen molar-refractivity contribution in [3.63, 3.8) is 0 Å². The summed E-state index contributed by atoms with van der Waals surface area (Å²) in [5.74, 6) is 0.0141. The summed E-state index contributed by atoms with van der Waals surface area (Å²) in [5, 5.41) is 3.44. The van der Waals surface area contributed by atoms with Gasteiger partial charge in [-0.05, 0) is 41.3 Å². The Balaban J connectivity index is 2.07. The van der Waals surface area contributed by atoms with E-state index < -0.39 is 28.5 Å². The third kappa shape index (κ3) is 9.12. The van der Waals surface area contributed by atoms with Crippen molar-refractivity contribution >= 4 is 39.1 Å². The van der Waals surface area contributed by atoms with E-state index >= 15 is 0 Å². The van der Waals surface area contributed by atoms with Crippen molar-refractivity contribution in [2.45, 2.75) is 32.9 Å². The molecule has 226 valence electrons. The van der Waals surface area contributed by atoms with Gasteiger partial charge in [-0.25, -0.2) is 8.42 Å². The van der Waals surface area contributed by atoms with Crippen LogP contribution in [-0.2, 0) is 32.6 Å². The zero-order chi connectivity index (χ0) is 30.9. The Morgan fingerprint density at radius 1 is 0.905 bits per heavy atom. The number of hydrogen-bond acceptors (Lipinski definition) is 6. The molecule has 1 atom stereocenters. The SMILES string of the molecule is COc1ccc(N(CC(=O)N(Cc2cccc(Cl)c2)[C@H](Cc2ccccc2)C(=O)NCC(C)C)S(C)(=O)=O)cc1OC. The Morgan fingerprint density at radius 2 is 1.57 bits per heavy atom. The summed E-state index contributed by atoms with van der Waals surface area (Å²) in [7, 11) is -1.02. The molecule has 1 N–H and O–H groups in total. The van der Waals surface area contributed by atoms with E-state index in [9.17, 15) is 18.0 Å². The summed E-state index contributed by atoms with van der Waals surface area (Å²) >= 11 is 6.25. The van der Waals surface area contributed by atoms with Gasteiger partial charge in [-0.15, -0.1) is 0 Å². The number of sulfonamides is 1. The number of carbonyl (C=O) groups excluding carboxylic acids is 2. The summed E-state index contributed by atoms with van der Waals surface area (Å²) in [4.78, 5) is 29.3. The fraction of sp³-hybridized carbons (Fsp3) is 0.355. The number of nitrogens with one attached hydrogen (secondary N) is 1. The number of anilines is 1. The molecule has 11 heteroatoms. The quantitative estimate of drug-likeness (QED) is 0.286. The number of amides is 2. The van der Waals surface area contributed by atoms with Gasteiger partial charge in [-0.2, -0.15) is 0 Å². The number of hydrogen-bond donors (Lipinski definition) is 1. The first-order valence-electron chi connectivity index (χ1n) is 13.5. The van der Waals surface area contributed by atoms with Crippen LogP contribution in [0.1, 0.15) is 25.0 Å². The smallest absolute Gasteiger partial charge is 0.244 e. The summed E-state index contributed by atoms with van der Waals surface area (Å²) in [6, 6.07) is 20.0. The lowest BCUT2D eigenvalue weighted by molar-refractivity contribution is -0.140. The third-order valence-corrected chi connectivity index (χ3v) is 7.91. The summed E-state index contributed by atoms with van der Waals surface area (Å²) in [6.07, 6.45) is 1.25. The first-order chi connectivity index (χ1) is 19.9. The van der Waals surface area contributed by atoms with Gasteiger partial charge in [-0.1, -0.05) is 67.9 Å². The molecule has 0 aliphatic heterocycles. The van der Waals surface area contributed by atoms with E-state index in [0.29, 0.717) is 28.6 Å². The maximum absolute atomic E-state index is 14.2. The molecule has 0 aliphatic carbocycles. The fourth-order valence-electron chi connectivity index (χ4n) is 4.40. The van der Waals surface area contributed by atoms with Gasteiger partial charge < -0.3 is 19.7 Å². The van der Waals surface area contributed by atoms with E-state index in [-0.39, 0.29) is 30.5 Å². The molecule has 0 spiro atoms. The van der Waals surface area contributed by atoms with Gasteiger partial charge in [0.15, 0.2) is 11.5 Å². The van der Waals surface area contributed by atoms with Gasteiger partial charge in [0, 0.05) is 30.6 Å². The zero-order valence-corrected chi connectivity index (χ0v) is 26.1. The van der Waals surface area contributed by atoms with Gasteiger partial charge in [0.25, 0.3) is 0 Å². The Bertz CT molecular complexity index is 1470. The molecular formula is C31H38ClN3O6S. The highest BCUT2D eigenvalue weighted by atomic mass is 35.5. The Morgan fingerprint density at radius 3 is 2.17 bits per heavy atom. The van der Waals surface area contributed by atoms with E-state index in [2.05, 4.69) is 5.32 Å². The largest absolute Gasteiger partial charge is 0.493 e. The molecule has 0 heterocycles. The minimum absolute atomic E-state index is 0.0372. The molecule has 3 aromatic carbocycles. The molecule has 42 heavy (non-hydrogen) atoms. The van der Waals surface area contributed by atoms with E-state index in [0.717, 1.165) is 16.1 Å². The lowest BCUT2D eigenvalue weighted by Gasteiger charge is -2.33. The lowest BCUT2D eigenvalue weighted by atomic mass is 10.0. The van der Waals surface area contributed by atoms with Crippen LogP contribution in [0.5, 0.6) is 11.5 Å². The van der Waals surface area contributed by atoms with E-state index in [1.807, 2.05) is 44.2 Å². The Kier molecular flexibility index (Phi) is 11.6. The van der Waals surface area contributed by atoms with E-state index in [4.69, 9.17) is 21.1 Å². The highest BCUT2D eigenvalue weighted by Crippen LogP contribution is 2.32. The second kappa shape index (κ2) is 14.9. The minimum atomic E-state index is -3.93. The second-order valence-electron chi connectivity index (χ2n) is 10.3.